The number of hydrogen-bond acceptors (Lipinski definition) is 1. The van der Waals surface area contributed by atoms with Gasteiger partial charge < -0.3 is 5.32 Å². The Kier molecular flexibility index (Phi) is 4.16. The van der Waals surface area contributed by atoms with Crippen LogP contribution in [0.25, 0.3) is 0 Å². The van der Waals surface area contributed by atoms with Crippen LogP contribution in [0.3, 0.4) is 0 Å². The third-order valence-corrected chi connectivity index (χ3v) is 3.80. The quantitative estimate of drug-likeness (QED) is 0.814. The standard InChI is InChI=1S/C15H22FN/c1-3-9-17-15(12-5-4-6-12)14-8-7-13(16)10-11(14)2/h7-8,10,12,15,17H,3-6,9H2,1-2H3. The van der Waals surface area contributed by atoms with E-state index in [-0.39, 0.29) is 5.82 Å². The molecule has 1 aromatic rings. The molecule has 1 aliphatic rings. The summed E-state index contributed by atoms with van der Waals surface area (Å²) in [5.41, 5.74) is 2.36. The minimum atomic E-state index is -0.130. The molecule has 17 heavy (non-hydrogen) atoms. The third kappa shape index (κ3) is 2.86. The number of rotatable bonds is 5. The van der Waals surface area contributed by atoms with Crippen LogP contribution < -0.4 is 5.32 Å². The Morgan fingerprint density at radius 3 is 2.71 bits per heavy atom. The SMILES string of the molecule is CCCNC(c1ccc(F)cc1C)C1CCC1. The number of nitrogens with one attached hydrogen (secondary N) is 1. The Balaban J connectivity index is 2.17. The molecule has 0 saturated heterocycles. The number of hydrogen-bond donors (Lipinski definition) is 1. The maximum Gasteiger partial charge on any atom is 0.123 e. The van der Waals surface area contributed by atoms with E-state index in [4.69, 9.17) is 0 Å². The molecule has 1 fully saturated rings. The Labute approximate surface area is 103 Å². The topological polar surface area (TPSA) is 12.0 Å². The zero-order chi connectivity index (χ0) is 12.3. The summed E-state index contributed by atoms with van der Waals surface area (Å²) < 4.78 is 13.1. The van der Waals surface area contributed by atoms with E-state index in [1.165, 1.54) is 24.8 Å². The molecule has 2 rings (SSSR count). The predicted octanol–water partition coefficient (Wildman–Crippen LogP) is 3.97. The second kappa shape index (κ2) is 5.63. The van der Waals surface area contributed by atoms with E-state index in [1.807, 2.05) is 13.0 Å². The molecule has 0 aromatic heterocycles. The lowest BCUT2D eigenvalue weighted by Gasteiger charge is -2.35. The number of aryl methyl sites for hydroxylation is 1. The van der Waals surface area contributed by atoms with Crippen LogP contribution in [0.4, 0.5) is 4.39 Å². The van der Waals surface area contributed by atoms with E-state index in [0.717, 1.165) is 24.4 Å². The van der Waals surface area contributed by atoms with Gasteiger partial charge in [0, 0.05) is 6.04 Å². The van der Waals surface area contributed by atoms with Gasteiger partial charge in [0.25, 0.3) is 0 Å². The third-order valence-electron chi connectivity index (χ3n) is 3.80. The molecule has 0 bridgehead atoms. The molecule has 1 nitrogen and oxygen atoms in total. The van der Waals surface area contributed by atoms with Crippen LogP contribution in [0.1, 0.15) is 49.8 Å². The second-order valence-corrected chi connectivity index (χ2v) is 5.12. The van der Waals surface area contributed by atoms with Gasteiger partial charge >= 0.3 is 0 Å². The summed E-state index contributed by atoms with van der Waals surface area (Å²) in [6.07, 6.45) is 5.09. The first kappa shape index (κ1) is 12.6. The number of benzene rings is 1. The van der Waals surface area contributed by atoms with Crippen molar-refractivity contribution in [2.24, 2.45) is 5.92 Å². The van der Waals surface area contributed by atoms with Crippen molar-refractivity contribution in [3.8, 4) is 0 Å². The lowest BCUT2D eigenvalue weighted by atomic mass is 9.76. The predicted molar refractivity (Wildman–Crippen MR) is 69.5 cm³/mol. The van der Waals surface area contributed by atoms with Crippen molar-refractivity contribution in [1.82, 2.24) is 5.32 Å². The van der Waals surface area contributed by atoms with E-state index in [0.29, 0.717) is 6.04 Å². The minimum Gasteiger partial charge on any atom is -0.310 e. The normalized spacial score (nSPS) is 17.8. The molecule has 1 saturated carbocycles. The van der Waals surface area contributed by atoms with Crippen LogP contribution in [0.15, 0.2) is 18.2 Å². The van der Waals surface area contributed by atoms with Crippen LogP contribution in [0.5, 0.6) is 0 Å². The van der Waals surface area contributed by atoms with Crippen LogP contribution in [-0.4, -0.2) is 6.54 Å². The lowest BCUT2D eigenvalue weighted by molar-refractivity contribution is 0.230. The Bertz CT molecular complexity index is 371. The maximum absolute atomic E-state index is 13.1. The van der Waals surface area contributed by atoms with Crippen molar-refractivity contribution in [2.75, 3.05) is 6.54 Å². The molecular weight excluding hydrogens is 213 g/mol. The summed E-state index contributed by atoms with van der Waals surface area (Å²) in [6.45, 7) is 5.23. The molecule has 0 aliphatic heterocycles. The molecule has 0 amide bonds. The van der Waals surface area contributed by atoms with E-state index in [9.17, 15) is 4.39 Å². The Morgan fingerprint density at radius 1 is 1.41 bits per heavy atom. The highest BCUT2D eigenvalue weighted by Gasteiger charge is 2.28. The van der Waals surface area contributed by atoms with Gasteiger partial charge in [-0.1, -0.05) is 19.4 Å². The van der Waals surface area contributed by atoms with Crippen LogP contribution in [-0.2, 0) is 0 Å². The van der Waals surface area contributed by atoms with Crippen molar-refractivity contribution < 1.29 is 4.39 Å². The summed E-state index contributed by atoms with van der Waals surface area (Å²) in [5.74, 6) is 0.611. The first-order chi connectivity index (χ1) is 8.22. The van der Waals surface area contributed by atoms with Crippen molar-refractivity contribution in [3.63, 3.8) is 0 Å². The molecule has 1 N–H and O–H groups in total. The van der Waals surface area contributed by atoms with Crippen LogP contribution in [0, 0.1) is 18.7 Å². The fraction of sp³-hybridized carbons (Fsp3) is 0.600. The summed E-state index contributed by atoms with van der Waals surface area (Å²) >= 11 is 0. The first-order valence-corrected chi connectivity index (χ1v) is 6.71. The highest BCUT2D eigenvalue weighted by molar-refractivity contribution is 5.30. The molecule has 1 aliphatic carbocycles. The van der Waals surface area contributed by atoms with Gasteiger partial charge in [-0.2, -0.15) is 0 Å². The van der Waals surface area contributed by atoms with Gasteiger partial charge in [0.1, 0.15) is 5.82 Å². The largest absolute Gasteiger partial charge is 0.310 e. The Morgan fingerprint density at radius 2 is 2.18 bits per heavy atom. The fourth-order valence-corrected chi connectivity index (χ4v) is 2.59. The minimum absolute atomic E-state index is 0.130. The van der Waals surface area contributed by atoms with Crippen LogP contribution >= 0.6 is 0 Å². The summed E-state index contributed by atoms with van der Waals surface area (Å²) in [4.78, 5) is 0. The zero-order valence-corrected chi connectivity index (χ0v) is 10.8. The molecule has 0 spiro atoms. The van der Waals surface area contributed by atoms with Gasteiger partial charge in [0.05, 0.1) is 0 Å². The summed E-state index contributed by atoms with van der Waals surface area (Å²) in [7, 11) is 0. The molecule has 1 atom stereocenters. The van der Waals surface area contributed by atoms with E-state index in [2.05, 4.69) is 12.2 Å². The number of halogens is 1. The Hall–Kier alpha value is -0.890. The monoisotopic (exact) mass is 235 g/mol. The van der Waals surface area contributed by atoms with Crippen LogP contribution in [0.2, 0.25) is 0 Å². The average molecular weight is 235 g/mol. The van der Waals surface area contributed by atoms with Crippen molar-refractivity contribution in [1.29, 1.82) is 0 Å². The molecule has 2 heteroatoms. The van der Waals surface area contributed by atoms with Gasteiger partial charge in [-0.05, 0) is 61.9 Å². The fourth-order valence-electron chi connectivity index (χ4n) is 2.59. The highest BCUT2D eigenvalue weighted by atomic mass is 19.1. The summed E-state index contributed by atoms with van der Waals surface area (Å²) in [6, 6.07) is 5.61. The average Bonchev–Trinajstić information content (AvgIpc) is 2.22. The molecule has 0 heterocycles. The van der Waals surface area contributed by atoms with Gasteiger partial charge in [-0.3, -0.25) is 0 Å². The van der Waals surface area contributed by atoms with Crippen molar-refractivity contribution in [3.05, 3.63) is 35.1 Å². The molecule has 0 radical (unpaired) electrons. The smallest absolute Gasteiger partial charge is 0.123 e. The second-order valence-electron chi connectivity index (χ2n) is 5.12. The van der Waals surface area contributed by atoms with Crippen molar-refractivity contribution >= 4 is 0 Å². The van der Waals surface area contributed by atoms with E-state index in [1.54, 1.807) is 12.1 Å². The summed E-state index contributed by atoms with van der Waals surface area (Å²) in [5, 5.41) is 3.63. The van der Waals surface area contributed by atoms with Crippen molar-refractivity contribution in [2.45, 2.75) is 45.6 Å². The van der Waals surface area contributed by atoms with Gasteiger partial charge in [-0.15, -0.1) is 0 Å². The lowest BCUT2D eigenvalue weighted by Crippen LogP contribution is -2.33. The molecule has 1 unspecified atom stereocenters. The highest BCUT2D eigenvalue weighted by Crippen LogP contribution is 2.38. The zero-order valence-electron chi connectivity index (χ0n) is 10.8. The molecule has 1 aromatic carbocycles. The molecule has 94 valence electrons. The van der Waals surface area contributed by atoms with E-state index < -0.39 is 0 Å². The first-order valence-electron chi connectivity index (χ1n) is 6.71. The van der Waals surface area contributed by atoms with Gasteiger partial charge in [0.2, 0.25) is 0 Å². The maximum atomic E-state index is 13.1. The molecular formula is C15H22FN. The van der Waals surface area contributed by atoms with E-state index >= 15 is 0 Å². The van der Waals surface area contributed by atoms with Gasteiger partial charge in [0.15, 0.2) is 0 Å². The van der Waals surface area contributed by atoms with Gasteiger partial charge in [-0.25, -0.2) is 4.39 Å².